The van der Waals surface area contributed by atoms with Crippen molar-refractivity contribution in [2.24, 2.45) is 5.92 Å². The van der Waals surface area contributed by atoms with Crippen molar-refractivity contribution in [2.45, 2.75) is 19.4 Å². The van der Waals surface area contributed by atoms with Crippen LogP contribution in [0.4, 0.5) is 4.79 Å². The molecule has 0 aromatic rings. The topological polar surface area (TPSA) is 95.9 Å². The van der Waals surface area contributed by atoms with Crippen molar-refractivity contribution >= 4 is 18.0 Å². The number of carboxylic acids is 1. The molecule has 1 unspecified atom stereocenters. The van der Waals surface area contributed by atoms with E-state index < -0.39 is 18.0 Å². The van der Waals surface area contributed by atoms with Crippen LogP contribution in [0, 0.1) is 5.92 Å². The highest BCUT2D eigenvalue weighted by atomic mass is 16.5. The van der Waals surface area contributed by atoms with Crippen LogP contribution in [-0.2, 0) is 14.3 Å². The van der Waals surface area contributed by atoms with E-state index in [-0.39, 0.29) is 18.4 Å². The maximum Gasteiger partial charge on any atom is 0.325 e. The summed E-state index contributed by atoms with van der Waals surface area (Å²) in [6, 6.07) is -1.41. The van der Waals surface area contributed by atoms with E-state index in [0.717, 1.165) is 0 Å². The van der Waals surface area contributed by atoms with E-state index in [9.17, 15) is 14.4 Å². The molecule has 2 amide bonds. The zero-order chi connectivity index (χ0) is 13.0. The Morgan fingerprint density at radius 2 is 2.12 bits per heavy atom. The van der Waals surface area contributed by atoms with E-state index in [1.807, 2.05) is 0 Å². The SMILES string of the molecule is COC(=O)C1CCN(C(=O)N[C@@H](C)C(=O)O)C1. The molecule has 0 bridgehead atoms. The number of esters is 1. The summed E-state index contributed by atoms with van der Waals surface area (Å²) in [6.07, 6.45) is 0.543. The van der Waals surface area contributed by atoms with E-state index in [2.05, 4.69) is 10.1 Å². The van der Waals surface area contributed by atoms with Crippen LogP contribution >= 0.6 is 0 Å². The maximum atomic E-state index is 11.6. The monoisotopic (exact) mass is 244 g/mol. The van der Waals surface area contributed by atoms with Crippen LogP contribution < -0.4 is 5.32 Å². The van der Waals surface area contributed by atoms with Gasteiger partial charge in [0.1, 0.15) is 6.04 Å². The molecular weight excluding hydrogens is 228 g/mol. The molecule has 0 radical (unpaired) electrons. The van der Waals surface area contributed by atoms with Crippen molar-refractivity contribution in [3.8, 4) is 0 Å². The normalized spacial score (nSPS) is 20.8. The van der Waals surface area contributed by atoms with Gasteiger partial charge in [-0.05, 0) is 13.3 Å². The lowest BCUT2D eigenvalue weighted by atomic mass is 10.1. The smallest absolute Gasteiger partial charge is 0.325 e. The van der Waals surface area contributed by atoms with Crippen LogP contribution in [0.15, 0.2) is 0 Å². The van der Waals surface area contributed by atoms with E-state index in [0.29, 0.717) is 13.0 Å². The van der Waals surface area contributed by atoms with Gasteiger partial charge in [-0.15, -0.1) is 0 Å². The number of likely N-dealkylation sites (tertiary alicyclic amines) is 1. The lowest BCUT2D eigenvalue weighted by molar-refractivity contribution is -0.145. The number of amides is 2. The highest BCUT2D eigenvalue weighted by molar-refractivity contribution is 5.83. The molecule has 1 heterocycles. The third-order valence-corrected chi connectivity index (χ3v) is 2.72. The Morgan fingerprint density at radius 1 is 1.47 bits per heavy atom. The maximum absolute atomic E-state index is 11.6. The molecule has 1 saturated heterocycles. The molecule has 2 atom stereocenters. The van der Waals surface area contributed by atoms with Gasteiger partial charge in [0, 0.05) is 13.1 Å². The van der Waals surface area contributed by atoms with Gasteiger partial charge in [0.15, 0.2) is 0 Å². The second-order valence-corrected chi connectivity index (χ2v) is 3.96. The lowest BCUT2D eigenvalue weighted by Gasteiger charge is -2.18. The van der Waals surface area contributed by atoms with Gasteiger partial charge in [-0.25, -0.2) is 4.79 Å². The van der Waals surface area contributed by atoms with E-state index in [4.69, 9.17) is 5.11 Å². The third-order valence-electron chi connectivity index (χ3n) is 2.72. The van der Waals surface area contributed by atoms with Gasteiger partial charge < -0.3 is 20.1 Å². The molecule has 1 aliphatic heterocycles. The van der Waals surface area contributed by atoms with Gasteiger partial charge in [0.2, 0.25) is 0 Å². The molecule has 0 aliphatic carbocycles. The number of methoxy groups -OCH3 is 1. The number of rotatable bonds is 3. The first kappa shape index (κ1) is 13.3. The summed E-state index contributed by atoms with van der Waals surface area (Å²) in [5, 5.41) is 11.0. The molecule has 1 fully saturated rings. The zero-order valence-electron chi connectivity index (χ0n) is 9.80. The molecule has 7 heteroatoms. The van der Waals surface area contributed by atoms with Gasteiger partial charge in [-0.2, -0.15) is 0 Å². The average molecular weight is 244 g/mol. The molecule has 96 valence electrons. The van der Waals surface area contributed by atoms with Crippen molar-refractivity contribution in [1.82, 2.24) is 10.2 Å². The van der Waals surface area contributed by atoms with Crippen LogP contribution in [0.2, 0.25) is 0 Å². The Bertz CT molecular complexity index is 331. The van der Waals surface area contributed by atoms with Gasteiger partial charge in [-0.1, -0.05) is 0 Å². The van der Waals surface area contributed by atoms with Crippen molar-refractivity contribution in [3.05, 3.63) is 0 Å². The lowest BCUT2D eigenvalue weighted by Crippen LogP contribution is -2.46. The van der Waals surface area contributed by atoms with E-state index in [1.165, 1.54) is 18.9 Å². The van der Waals surface area contributed by atoms with Crippen LogP contribution in [0.3, 0.4) is 0 Å². The van der Waals surface area contributed by atoms with Crippen LogP contribution in [0.1, 0.15) is 13.3 Å². The fourth-order valence-electron chi connectivity index (χ4n) is 1.64. The molecule has 0 saturated carbocycles. The second kappa shape index (κ2) is 5.51. The van der Waals surface area contributed by atoms with Crippen LogP contribution in [0.5, 0.6) is 0 Å². The summed E-state index contributed by atoms with van der Waals surface area (Å²) < 4.78 is 4.59. The fraction of sp³-hybridized carbons (Fsp3) is 0.700. The average Bonchev–Trinajstić information content (AvgIpc) is 2.77. The third kappa shape index (κ3) is 3.33. The largest absolute Gasteiger partial charge is 0.480 e. The minimum Gasteiger partial charge on any atom is -0.480 e. The number of hydrogen-bond acceptors (Lipinski definition) is 4. The highest BCUT2D eigenvalue weighted by Crippen LogP contribution is 2.17. The minimum atomic E-state index is -1.10. The summed E-state index contributed by atoms with van der Waals surface area (Å²) in [5.41, 5.74) is 0. The molecule has 0 spiro atoms. The second-order valence-electron chi connectivity index (χ2n) is 3.96. The zero-order valence-corrected chi connectivity index (χ0v) is 9.80. The van der Waals surface area contributed by atoms with Crippen molar-refractivity contribution < 1.29 is 24.2 Å². The minimum absolute atomic E-state index is 0.269. The first-order valence-electron chi connectivity index (χ1n) is 5.31. The molecule has 0 aromatic heterocycles. The van der Waals surface area contributed by atoms with Crippen molar-refractivity contribution in [2.75, 3.05) is 20.2 Å². The number of nitrogens with zero attached hydrogens (tertiary/aromatic N) is 1. The number of urea groups is 1. The van der Waals surface area contributed by atoms with Crippen molar-refractivity contribution in [1.29, 1.82) is 0 Å². The number of ether oxygens (including phenoxy) is 1. The quantitative estimate of drug-likeness (QED) is 0.662. The van der Waals surface area contributed by atoms with Gasteiger partial charge in [0.25, 0.3) is 0 Å². The first-order chi connectivity index (χ1) is 7.95. The summed E-state index contributed by atoms with van der Waals surface area (Å²) in [6.45, 7) is 2.08. The predicted molar refractivity (Wildman–Crippen MR) is 57.3 cm³/mol. The Hall–Kier alpha value is -1.79. The number of hydrogen-bond donors (Lipinski definition) is 2. The first-order valence-corrected chi connectivity index (χ1v) is 5.31. The summed E-state index contributed by atoms with van der Waals surface area (Å²) in [7, 11) is 1.30. The van der Waals surface area contributed by atoms with Crippen LogP contribution in [-0.4, -0.2) is 54.2 Å². The molecule has 1 aliphatic rings. The Balaban J connectivity index is 2.45. The van der Waals surface area contributed by atoms with E-state index >= 15 is 0 Å². The number of nitrogens with one attached hydrogen (secondary N) is 1. The molecule has 2 N–H and O–H groups in total. The summed E-state index contributed by atoms with van der Waals surface area (Å²) in [4.78, 5) is 34.8. The fourth-order valence-corrected chi connectivity index (χ4v) is 1.64. The predicted octanol–water partition coefficient (Wildman–Crippen LogP) is -0.336. The van der Waals surface area contributed by atoms with Gasteiger partial charge >= 0.3 is 18.0 Å². The molecule has 1 rings (SSSR count). The highest BCUT2D eigenvalue weighted by Gasteiger charge is 2.32. The Labute approximate surface area is 98.7 Å². The molecule has 17 heavy (non-hydrogen) atoms. The molecule has 0 aromatic carbocycles. The standard InChI is InChI=1S/C10H16N2O5/c1-6(8(13)14)11-10(16)12-4-3-7(5-12)9(15)17-2/h6-7H,3-5H2,1-2H3,(H,11,16)(H,13,14)/t6-,7?/m0/s1. The molecular formula is C10H16N2O5. The number of carbonyl (C=O) groups excluding carboxylic acids is 2. The Morgan fingerprint density at radius 3 is 2.65 bits per heavy atom. The van der Waals surface area contributed by atoms with Crippen LogP contribution in [0.25, 0.3) is 0 Å². The van der Waals surface area contributed by atoms with Gasteiger partial charge in [-0.3, -0.25) is 9.59 Å². The van der Waals surface area contributed by atoms with Crippen molar-refractivity contribution in [3.63, 3.8) is 0 Å². The number of aliphatic carboxylic acids is 1. The summed E-state index contributed by atoms with van der Waals surface area (Å²) in [5.74, 6) is -1.75. The van der Waals surface area contributed by atoms with E-state index in [1.54, 1.807) is 0 Å². The number of carboxylic acid groups (broad SMARTS) is 1. The summed E-state index contributed by atoms with van der Waals surface area (Å²) >= 11 is 0. The number of carbonyl (C=O) groups is 3. The Kier molecular flexibility index (Phi) is 4.30. The molecule has 7 nitrogen and oxygen atoms in total. The van der Waals surface area contributed by atoms with Gasteiger partial charge in [0.05, 0.1) is 13.0 Å².